The molecule has 1 rings (SSSR count). The molecule has 14 heavy (non-hydrogen) atoms. The van der Waals surface area contributed by atoms with E-state index >= 15 is 0 Å². The Hall–Kier alpha value is -0.240. The largest absolute Gasteiger partial charge is 0.388 e. The van der Waals surface area contributed by atoms with Gasteiger partial charge in [0.25, 0.3) is 0 Å². The molecule has 0 radical (unpaired) electrons. The number of aliphatic hydroxyl groups is 3. The van der Waals surface area contributed by atoms with Gasteiger partial charge in [-0.2, -0.15) is 0 Å². The van der Waals surface area contributed by atoms with Crippen LogP contribution in [0, 0.1) is 0 Å². The zero-order valence-corrected chi connectivity index (χ0v) is 8.04. The fourth-order valence-electron chi connectivity index (χ4n) is 1.51. The third-order valence-electron chi connectivity index (χ3n) is 2.35. The summed E-state index contributed by atoms with van der Waals surface area (Å²) in [5.74, 6) is 0. The zero-order chi connectivity index (χ0) is 10.7. The first-order valence-corrected chi connectivity index (χ1v) is 4.54. The lowest BCUT2D eigenvalue weighted by atomic mass is 9.97. The third kappa shape index (κ3) is 2.22. The van der Waals surface area contributed by atoms with E-state index in [-0.39, 0.29) is 0 Å². The minimum Gasteiger partial charge on any atom is -0.388 e. The van der Waals surface area contributed by atoms with Gasteiger partial charge in [0, 0.05) is 7.11 Å². The molecule has 0 aromatic heterocycles. The SMILES string of the molecule is CO[C@H]1O[C@H](CCN)[C@@H](O)[C@H](O)[C@H]1O. The van der Waals surface area contributed by atoms with Crippen molar-refractivity contribution in [1.82, 2.24) is 0 Å². The summed E-state index contributed by atoms with van der Waals surface area (Å²) in [5.41, 5.74) is 5.31. The molecule has 1 aliphatic heterocycles. The number of aliphatic hydroxyl groups excluding tert-OH is 3. The predicted octanol–water partition coefficient (Wildman–Crippen LogP) is -2.21. The maximum absolute atomic E-state index is 9.51. The second-order valence-electron chi connectivity index (χ2n) is 3.33. The molecule has 5 atom stereocenters. The summed E-state index contributed by atoms with van der Waals surface area (Å²) in [7, 11) is 1.36. The summed E-state index contributed by atoms with van der Waals surface area (Å²) in [6, 6.07) is 0. The van der Waals surface area contributed by atoms with Crippen molar-refractivity contribution < 1.29 is 24.8 Å². The number of ether oxygens (including phenoxy) is 2. The van der Waals surface area contributed by atoms with Gasteiger partial charge in [0.05, 0.1) is 6.10 Å². The molecular weight excluding hydrogens is 190 g/mol. The standard InChI is InChI=1S/C8H17NO5/c1-13-8-7(12)6(11)5(10)4(14-8)2-3-9/h4-8,10-12H,2-3,9H2,1H3/t4-,5-,6+,7-,8+/m1/s1. The number of hydrogen-bond acceptors (Lipinski definition) is 6. The number of methoxy groups -OCH3 is 1. The van der Waals surface area contributed by atoms with E-state index in [1.165, 1.54) is 7.11 Å². The highest BCUT2D eigenvalue weighted by atomic mass is 16.7. The van der Waals surface area contributed by atoms with Crippen molar-refractivity contribution in [3.05, 3.63) is 0 Å². The van der Waals surface area contributed by atoms with Gasteiger partial charge < -0.3 is 30.5 Å². The van der Waals surface area contributed by atoms with Crippen molar-refractivity contribution in [2.24, 2.45) is 5.73 Å². The molecule has 6 heteroatoms. The van der Waals surface area contributed by atoms with Gasteiger partial charge in [0.1, 0.15) is 18.3 Å². The number of rotatable bonds is 3. The number of hydrogen-bond donors (Lipinski definition) is 4. The fourth-order valence-corrected chi connectivity index (χ4v) is 1.51. The summed E-state index contributed by atoms with van der Waals surface area (Å²) in [4.78, 5) is 0. The Balaban J connectivity index is 2.63. The Bertz CT molecular complexity index is 175. The van der Waals surface area contributed by atoms with Crippen molar-refractivity contribution in [2.45, 2.75) is 37.1 Å². The average Bonchev–Trinajstić information content (AvgIpc) is 2.19. The van der Waals surface area contributed by atoms with E-state index in [9.17, 15) is 15.3 Å². The fraction of sp³-hybridized carbons (Fsp3) is 1.00. The van der Waals surface area contributed by atoms with Gasteiger partial charge in [0.2, 0.25) is 0 Å². The van der Waals surface area contributed by atoms with Crippen LogP contribution in [-0.2, 0) is 9.47 Å². The van der Waals surface area contributed by atoms with Crippen LogP contribution in [0.5, 0.6) is 0 Å². The van der Waals surface area contributed by atoms with Gasteiger partial charge in [-0.05, 0) is 13.0 Å². The van der Waals surface area contributed by atoms with Gasteiger partial charge in [-0.25, -0.2) is 0 Å². The molecule has 1 saturated heterocycles. The predicted molar refractivity (Wildman–Crippen MR) is 47.4 cm³/mol. The highest BCUT2D eigenvalue weighted by Crippen LogP contribution is 2.22. The normalized spacial score (nSPS) is 43.9. The highest BCUT2D eigenvalue weighted by molar-refractivity contribution is 4.88. The monoisotopic (exact) mass is 207 g/mol. The molecule has 0 saturated carbocycles. The molecule has 0 aliphatic carbocycles. The Kier molecular flexibility index (Phi) is 4.24. The van der Waals surface area contributed by atoms with Crippen LogP contribution in [0.15, 0.2) is 0 Å². The molecule has 1 aliphatic rings. The van der Waals surface area contributed by atoms with Gasteiger partial charge in [-0.3, -0.25) is 0 Å². The maximum Gasteiger partial charge on any atom is 0.186 e. The smallest absolute Gasteiger partial charge is 0.186 e. The molecule has 6 nitrogen and oxygen atoms in total. The van der Waals surface area contributed by atoms with Crippen molar-refractivity contribution >= 4 is 0 Å². The number of nitrogens with two attached hydrogens (primary N) is 1. The van der Waals surface area contributed by atoms with E-state index in [4.69, 9.17) is 15.2 Å². The quantitative estimate of drug-likeness (QED) is 0.418. The second-order valence-corrected chi connectivity index (χ2v) is 3.33. The Labute approximate surface area is 82.2 Å². The lowest BCUT2D eigenvalue weighted by molar-refractivity contribution is -0.290. The molecule has 0 aromatic rings. The van der Waals surface area contributed by atoms with E-state index in [2.05, 4.69) is 0 Å². The van der Waals surface area contributed by atoms with Gasteiger partial charge in [0.15, 0.2) is 6.29 Å². The van der Waals surface area contributed by atoms with Crippen LogP contribution >= 0.6 is 0 Å². The lowest BCUT2D eigenvalue weighted by Gasteiger charge is -2.39. The van der Waals surface area contributed by atoms with Crippen LogP contribution in [0.2, 0.25) is 0 Å². The molecular formula is C8H17NO5. The molecule has 0 aromatic carbocycles. The molecule has 0 bridgehead atoms. The van der Waals surface area contributed by atoms with E-state index in [0.29, 0.717) is 13.0 Å². The van der Waals surface area contributed by atoms with E-state index in [1.54, 1.807) is 0 Å². The molecule has 5 N–H and O–H groups in total. The van der Waals surface area contributed by atoms with Crippen LogP contribution < -0.4 is 5.73 Å². The molecule has 0 unspecified atom stereocenters. The maximum atomic E-state index is 9.51. The van der Waals surface area contributed by atoms with Gasteiger partial charge in [-0.1, -0.05) is 0 Å². The average molecular weight is 207 g/mol. The first-order valence-electron chi connectivity index (χ1n) is 4.54. The summed E-state index contributed by atoms with van der Waals surface area (Å²) in [6.45, 7) is 0.334. The molecule has 1 heterocycles. The van der Waals surface area contributed by atoms with Crippen LogP contribution in [-0.4, -0.2) is 59.7 Å². The first-order chi connectivity index (χ1) is 6.61. The Morgan fingerprint density at radius 3 is 2.36 bits per heavy atom. The van der Waals surface area contributed by atoms with Crippen molar-refractivity contribution in [1.29, 1.82) is 0 Å². The van der Waals surface area contributed by atoms with Crippen LogP contribution in [0.3, 0.4) is 0 Å². The van der Waals surface area contributed by atoms with Gasteiger partial charge >= 0.3 is 0 Å². The van der Waals surface area contributed by atoms with Gasteiger partial charge in [-0.15, -0.1) is 0 Å². The van der Waals surface area contributed by atoms with Crippen molar-refractivity contribution in [3.8, 4) is 0 Å². The summed E-state index contributed by atoms with van der Waals surface area (Å²) in [5, 5.41) is 28.4. The Morgan fingerprint density at radius 1 is 1.21 bits per heavy atom. The van der Waals surface area contributed by atoms with Crippen LogP contribution in [0.1, 0.15) is 6.42 Å². The molecule has 0 spiro atoms. The lowest BCUT2D eigenvalue weighted by Crippen LogP contribution is -2.58. The zero-order valence-electron chi connectivity index (χ0n) is 8.04. The molecule has 0 amide bonds. The minimum atomic E-state index is -1.26. The third-order valence-corrected chi connectivity index (χ3v) is 2.35. The highest BCUT2D eigenvalue weighted by Gasteiger charge is 2.43. The van der Waals surface area contributed by atoms with Crippen molar-refractivity contribution in [3.63, 3.8) is 0 Å². The summed E-state index contributed by atoms with van der Waals surface area (Å²) < 4.78 is 10.0. The first kappa shape index (κ1) is 11.8. The molecule has 84 valence electrons. The minimum absolute atomic E-state index is 0.334. The van der Waals surface area contributed by atoms with E-state index in [1.807, 2.05) is 0 Å². The summed E-state index contributed by atoms with van der Waals surface area (Å²) >= 11 is 0. The Morgan fingerprint density at radius 2 is 1.86 bits per heavy atom. The topological polar surface area (TPSA) is 105 Å². The summed E-state index contributed by atoms with van der Waals surface area (Å²) in [6.07, 6.45) is -4.72. The second kappa shape index (κ2) is 5.01. The van der Waals surface area contributed by atoms with Crippen LogP contribution in [0.25, 0.3) is 0 Å². The van der Waals surface area contributed by atoms with Crippen LogP contribution in [0.4, 0.5) is 0 Å². The van der Waals surface area contributed by atoms with E-state index in [0.717, 1.165) is 0 Å². The van der Waals surface area contributed by atoms with E-state index < -0.39 is 30.7 Å². The van der Waals surface area contributed by atoms with Crippen molar-refractivity contribution in [2.75, 3.05) is 13.7 Å². The molecule has 1 fully saturated rings.